The molecule has 2 aromatic carbocycles. The third-order valence-electron chi connectivity index (χ3n) is 5.38. The second kappa shape index (κ2) is 10.7. The van der Waals surface area contributed by atoms with Crippen LogP contribution in [0.3, 0.4) is 0 Å². The molecule has 4 nitrogen and oxygen atoms in total. The van der Waals surface area contributed by atoms with Gasteiger partial charge < -0.3 is 0 Å². The molecule has 1 aliphatic rings. The monoisotopic (exact) mass is 461 g/mol. The average molecular weight is 460 g/mol. The van der Waals surface area contributed by atoms with Crippen LogP contribution in [-0.2, 0) is 9.53 Å². The summed E-state index contributed by atoms with van der Waals surface area (Å²) in [6.07, 6.45) is 4.49. The molecule has 0 saturated carbocycles. The summed E-state index contributed by atoms with van der Waals surface area (Å²) in [5.74, 6) is 0.936. The molecule has 0 fully saturated rings. The molecule has 2 aromatic rings. The molecule has 0 aromatic heterocycles. The number of anilines is 1. The summed E-state index contributed by atoms with van der Waals surface area (Å²) in [5.41, 5.74) is 2.29. The van der Waals surface area contributed by atoms with E-state index >= 15 is 0 Å². The normalized spacial score (nSPS) is 20.4. The Hall–Kier alpha value is -1.97. The Morgan fingerprint density at radius 1 is 1.10 bits per heavy atom. The molecule has 0 aliphatic carbocycles. The molecule has 0 spiro atoms. The molecule has 0 saturated heterocycles. The number of unbranched alkanes of at least 4 members (excludes halogenated alkanes) is 2. The SMILES string of the molecule is CCCCCC1C(C(=O)OCC)Nc2ccc(OC)cc2C1[Se]c1ccccc1. The molecule has 1 aliphatic heterocycles. The number of fused-ring (bicyclic) bond motifs is 1. The number of hydrogen-bond acceptors (Lipinski definition) is 4. The van der Waals surface area contributed by atoms with Crippen molar-refractivity contribution < 1.29 is 14.3 Å². The van der Waals surface area contributed by atoms with E-state index in [0.717, 1.165) is 24.3 Å². The van der Waals surface area contributed by atoms with Crippen molar-refractivity contribution >= 4 is 31.1 Å². The molecule has 29 heavy (non-hydrogen) atoms. The van der Waals surface area contributed by atoms with Crippen molar-refractivity contribution in [3.05, 3.63) is 54.1 Å². The van der Waals surface area contributed by atoms with Crippen molar-refractivity contribution in [2.75, 3.05) is 19.0 Å². The fraction of sp³-hybridized carbons (Fsp3) is 0.458. The minimum atomic E-state index is -0.303. The molecule has 3 rings (SSSR count). The molecule has 3 unspecified atom stereocenters. The van der Waals surface area contributed by atoms with Crippen molar-refractivity contribution in [1.29, 1.82) is 0 Å². The van der Waals surface area contributed by atoms with Gasteiger partial charge in [0.05, 0.1) is 0 Å². The van der Waals surface area contributed by atoms with Gasteiger partial charge in [-0.3, -0.25) is 0 Å². The molecular weight excluding hydrogens is 429 g/mol. The Labute approximate surface area is 180 Å². The molecule has 1 N–H and O–H groups in total. The van der Waals surface area contributed by atoms with Gasteiger partial charge in [-0.05, 0) is 0 Å². The number of carbonyl (C=O) groups excluding carboxylic acids is 1. The topological polar surface area (TPSA) is 47.6 Å². The maximum atomic E-state index is 12.9. The molecule has 3 atom stereocenters. The van der Waals surface area contributed by atoms with Crippen molar-refractivity contribution in [3.63, 3.8) is 0 Å². The number of esters is 1. The molecule has 0 radical (unpaired) electrons. The van der Waals surface area contributed by atoms with Crippen LogP contribution in [0.25, 0.3) is 0 Å². The van der Waals surface area contributed by atoms with Gasteiger partial charge in [-0.1, -0.05) is 0 Å². The number of ether oxygens (including phenoxy) is 2. The molecule has 156 valence electrons. The fourth-order valence-electron chi connectivity index (χ4n) is 3.93. The van der Waals surface area contributed by atoms with Gasteiger partial charge >= 0.3 is 181 Å². The minimum absolute atomic E-state index is 0.135. The zero-order valence-electron chi connectivity index (χ0n) is 17.5. The van der Waals surface area contributed by atoms with Crippen LogP contribution in [0.1, 0.15) is 49.9 Å². The number of rotatable bonds is 9. The van der Waals surface area contributed by atoms with Gasteiger partial charge in [-0.15, -0.1) is 0 Å². The Morgan fingerprint density at radius 3 is 2.59 bits per heavy atom. The van der Waals surface area contributed by atoms with Crippen LogP contribution >= 0.6 is 0 Å². The van der Waals surface area contributed by atoms with Gasteiger partial charge in [0.15, 0.2) is 0 Å². The first-order chi connectivity index (χ1) is 14.2. The Bertz CT molecular complexity index is 796. The van der Waals surface area contributed by atoms with E-state index in [2.05, 4.69) is 48.6 Å². The number of nitrogens with one attached hydrogen (secondary N) is 1. The van der Waals surface area contributed by atoms with Crippen LogP contribution in [0.5, 0.6) is 5.75 Å². The quantitative estimate of drug-likeness (QED) is 0.344. The molecular formula is C24H31NO3Se. The Balaban J connectivity index is 2.01. The van der Waals surface area contributed by atoms with Gasteiger partial charge in [0.2, 0.25) is 0 Å². The Morgan fingerprint density at radius 2 is 1.90 bits per heavy atom. The van der Waals surface area contributed by atoms with Gasteiger partial charge in [-0.25, -0.2) is 0 Å². The second-order valence-electron chi connectivity index (χ2n) is 7.34. The first-order valence-corrected chi connectivity index (χ1v) is 12.3. The van der Waals surface area contributed by atoms with Crippen molar-refractivity contribution in [2.24, 2.45) is 5.92 Å². The fourth-order valence-corrected chi connectivity index (χ4v) is 6.86. The van der Waals surface area contributed by atoms with E-state index in [1.54, 1.807) is 7.11 Å². The summed E-state index contributed by atoms with van der Waals surface area (Å²) in [4.78, 5) is 13.2. The summed E-state index contributed by atoms with van der Waals surface area (Å²) in [6, 6.07) is 16.5. The summed E-state index contributed by atoms with van der Waals surface area (Å²) in [7, 11) is 1.70. The van der Waals surface area contributed by atoms with E-state index in [1.165, 1.54) is 22.9 Å². The van der Waals surface area contributed by atoms with Crippen LogP contribution in [0.15, 0.2) is 48.5 Å². The Kier molecular flexibility index (Phi) is 8.02. The van der Waals surface area contributed by atoms with Crippen LogP contribution in [0, 0.1) is 5.92 Å². The van der Waals surface area contributed by atoms with Crippen LogP contribution in [0.2, 0.25) is 0 Å². The molecule has 0 bridgehead atoms. The molecule has 1 heterocycles. The van der Waals surface area contributed by atoms with E-state index in [4.69, 9.17) is 9.47 Å². The molecule has 0 amide bonds. The average Bonchev–Trinajstić information content (AvgIpc) is 2.75. The van der Waals surface area contributed by atoms with Gasteiger partial charge in [0.25, 0.3) is 0 Å². The standard InChI is InChI=1S/C24H31NO3Se/c1-4-6-8-13-19-22(24(26)28-5-2)25-21-15-14-17(27-3)16-20(21)23(19)29-18-11-9-7-10-12-18/h7,9-12,14-16,19,22-23,25H,4-6,8,13H2,1-3H3. The van der Waals surface area contributed by atoms with E-state index in [0.29, 0.717) is 11.4 Å². The first-order valence-electron chi connectivity index (χ1n) is 10.5. The van der Waals surface area contributed by atoms with Crippen molar-refractivity contribution in [2.45, 2.75) is 50.4 Å². The van der Waals surface area contributed by atoms with E-state index in [-0.39, 0.29) is 32.9 Å². The van der Waals surface area contributed by atoms with Gasteiger partial charge in [-0.2, -0.15) is 0 Å². The molecule has 5 heteroatoms. The number of hydrogen-bond donors (Lipinski definition) is 1. The zero-order valence-corrected chi connectivity index (χ0v) is 19.2. The predicted molar refractivity (Wildman–Crippen MR) is 119 cm³/mol. The first kappa shape index (κ1) is 21.7. The summed E-state index contributed by atoms with van der Waals surface area (Å²) >= 11 is 0.200. The van der Waals surface area contributed by atoms with E-state index in [9.17, 15) is 4.79 Å². The number of carbonyl (C=O) groups is 1. The predicted octanol–water partition coefficient (Wildman–Crippen LogP) is 4.32. The number of benzene rings is 2. The third kappa shape index (κ3) is 5.34. The van der Waals surface area contributed by atoms with Crippen LogP contribution in [0.4, 0.5) is 5.69 Å². The van der Waals surface area contributed by atoms with E-state index < -0.39 is 0 Å². The van der Waals surface area contributed by atoms with Crippen molar-refractivity contribution in [3.8, 4) is 5.75 Å². The summed E-state index contributed by atoms with van der Waals surface area (Å²) < 4.78 is 12.3. The van der Waals surface area contributed by atoms with Gasteiger partial charge in [0.1, 0.15) is 0 Å². The summed E-state index contributed by atoms with van der Waals surface area (Å²) in [6.45, 7) is 4.49. The maximum absolute atomic E-state index is 12.9. The second-order valence-corrected chi connectivity index (χ2v) is 9.89. The van der Waals surface area contributed by atoms with E-state index in [1.807, 2.05) is 19.1 Å². The summed E-state index contributed by atoms with van der Waals surface area (Å²) in [5, 5.41) is 3.51. The van der Waals surface area contributed by atoms with Crippen LogP contribution < -0.4 is 14.5 Å². The van der Waals surface area contributed by atoms with Crippen molar-refractivity contribution in [1.82, 2.24) is 0 Å². The zero-order chi connectivity index (χ0) is 20.6. The third-order valence-corrected chi connectivity index (χ3v) is 8.32. The van der Waals surface area contributed by atoms with Crippen LogP contribution in [-0.4, -0.2) is 40.7 Å². The van der Waals surface area contributed by atoms with Gasteiger partial charge in [0, 0.05) is 0 Å². The number of methoxy groups -OCH3 is 1.